The van der Waals surface area contributed by atoms with Gasteiger partial charge in [-0.1, -0.05) is 30.3 Å². The van der Waals surface area contributed by atoms with Crippen molar-refractivity contribution in [2.75, 3.05) is 35.2 Å². The zero-order valence-corrected chi connectivity index (χ0v) is 16.9. The Morgan fingerprint density at radius 1 is 0.929 bits per heavy atom. The molecular weight excluding hydrogens is 372 g/mol. The van der Waals surface area contributed by atoms with E-state index in [2.05, 4.69) is 18.7 Å². The Labute approximate surface area is 169 Å². The van der Waals surface area contributed by atoms with E-state index in [0.29, 0.717) is 27.5 Å². The number of aliphatic hydroxyl groups is 1. The predicted octanol–water partition coefficient (Wildman–Crippen LogP) is 3.54. The molecule has 0 aliphatic carbocycles. The number of rotatable bonds is 8. The van der Waals surface area contributed by atoms with Gasteiger partial charge in [0.05, 0.1) is 22.8 Å². The number of nitrogens with zero attached hydrogens (tertiary/aromatic N) is 2. The highest BCUT2D eigenvalue weighted by atomic mass is 32.2. The Bertz CT molecular complexity index is 874. The summed E-state index contributed by atoms with van der Waals surface area (Å²) < 4.78 is 0. The van der Waals surface area contributed by atoms with Crippen LogP contribution in [0.25, 0.3) is 5.57 Å². The Kier molecular flexibility index (Phi) is 6.54. The molecule has 2 amide bonds. The summed E-state index contributed by atoms with van der Waals surface area (Å²) in [7, 11) is 0. The molecule has 5 nitrogen and oxygen atoms in total. The molecule has 0 fully saturated rings. The predicted molar refractivity (Wildman–Crippen MR) is 115 cm³/mol. The molecule has 0 spiro atoms. The molecule has 2 aromatic rings. The molecule has 1 aliphatic heterocycles. The van der Waals surface area contributed by atoms with E-state index in [9.17, 15) is 14.7 Å². The molecule has 1 N–H and O–H groups in total. The summed E-state index contributed by atoms with van der Waals surface area (Å²) in [5, 5.41) is 9.19. The van der Waals surface area contributed by atoms with Crippen LogP contribution in [0.2, 0.25) is 0 Å². The minimum Gasteiger partial charge on any atom is -0.396 e. The fourth-order valence-corrected chi connectivity index (χ4v) is 4.15. The number of amides is 2. The molecule has 0 bridgehead atoms. The van der Waals surface area contributed by atoms with E-state index in [1.54, 1.807) is 0 Å². The third-order valence-electron chi connectivity index (χ3n) is 4.68. The van der Waals surface area contributed by atoms with E-state index in [1.807, 2.05) is 54.6 Å². The summed E-state index contributed by atoms with van der Waals surface area (Å²) in [5.74, 6) is -0.301. The van der Waals surface area contributed by atoms with Crippen LogP contribution in [0, 0.1) is 0 Å². The molecule has 3 rings (SSSR count). The third kappa shape index (κ3) is 3.84. The topological polar surface area (TPSA) is 60.9 Å². The Hall–Kier alpha value is -2.57. The number of carbonyl (C=O) groups excluding carboxylic acids is 2. The zero-order valence-electron chi connectivity index (χ0n) is 16.1. The highest BCUT2D eigenvalue weighted by Crippen LogP contribution is 2.38. The second-order valence-corrected chi connectivity index (χ2v) is 7.38. The zero-order chi connectivity index (χ0) is 20.1. The van der Waals surface area contributed by atoms with Crippen LogP contribution in [0.5, 0.6) is 0 Å². The number of carbonyl (C=O) groups is 2. The van der Waals surface area contributed by atoms with Gasteiger partial charge in [0, 0.05) is 24.5 Å². The van der Waals surface area contributed by atoms with Crippen molar-refractivity contribution in [3.63, 3.8) is 0 Å². The molecule has 0 saturated carbocycles. The van der Waals surface area contributed by atoms with Gasteiger partial charge in [-0.2, -0.15) is 0 Å². The first-order chi connectivity index (χ1) is 13.6. The smallest absolute Gasteiger partial charge is 0.272 e. The van der Waals surface area contributed by atoms with Gasteiger partial charge in [-0.25, -0.2) is 4.90 Å². The van der Waals surface area contributed by atoms with Crippen molar-refractivity contribution in [1.82, 2.24) is 0 Å². The maximum Gasteiger partial charge on any atom is 0.272 e. The van der Waals surface area contributed by atoms with Gasteiger partial charge in [0.15, 0.2) is 0 Å². The monoisotopic (exact) mass is 396 g/mol. The SMILES string of the molecule is CCN(CC)c1ccc(N2C(=O)C(SCCO)=C(c3ccccc3)C2=O)cc1. The van der Waals surface area contributed by atoms with E-state index < -0.39 is 0 Å². The lowest BCUT2D eigenvalue weighted by Crippen LogP contribution is -2.31. The average Bonchev–Trinajstić information content (AvgIpc) is 2.98. The first-order valence-corrected chi connectivity index (χ1v) is 10.4. The van der Waals surface area contributed by atoms with E-state index in [1.165, 1.54) is 16.7 Å². The van der Waals surface area contributed by atoms with Crippen molar-refractivity contribution in [2.24, 2.45) is 0 Å². The molecule has 146 valence electrons. The number of imide groups is 1. The van der Waals surface area contributed by atoms with Crippen LogP contribution in [0.4, 0.5) is 11.4 Å². The number of thioether (sulfide) groups is 1. The maximum absolute atomic E-state index is 13.2. The molecule has 0 saturated heterocycles. The van der Waals surface area contributed by atoms with Gasteiger partial charge in [0.2, 0.25) is 0 Å². The molecule has 0 atom stereocenters. The van der Waals surface area contributed by atoms with Gasteiger partial charge < -0.3 is 10.0 Å². The number of anilines is 2. The Balaban J connectivity index is 1.96. The first-order valence-electron chi connectivity index (χ1n) is 9.39. The number of hydrogen-bond donors (Lipinski definition) is 1. The van der Waals surface area contributed by atoms with Crippen molar-refractivity contribution in [1.29, 1.82) is 0 Å². The number of aliphatic hydroxyl groups excluding tert-OH is 1. The fraction of sp³-hybridized carbons (Fsp3) is 0.273. The summed E-state index contributed by atoms with van der Waals surface area (Å²) >= 11 is 1.22. The van der Waals surface area contributed by atoms with Crippen LogP contribution in [-0.2, 0) is 9.59 Å². The second-order valence-electron chi connectivity index (χ2n) is 6.28. The number of hydrogen-bond acceptors (Lipinski definition) is 5. The lowest BCUT2D eigenvalue weighted by Gasteiger charge is -2.22. The van der Waals surface area contributed by atoms with Crippen molar-refractivity contribution in [3.8, 4) is 0 Å². The molecular formula is C22H24N2O3S. The standard InChI is InChI=1S/C22H24N2O3S/c1-3-23(4-2)17-10-12-18(13-11-17)24-21(26)19(16-8-6-5-7-9-16)20(22(24)27)28-15-14-25/h5-13,25H,3-4,14-15H2,1-2H3. The molecule has 6 heteroatoms. The minimum absolute atomic E-state index is 0.0593. The summed E-state index contributed by atoms with van der Waals surface area (Å²) in [6.07, 6.45) is 0. The molecule has 0 radical (unpaired) electrons. The lowest BCUT2D eigenvalue weighted by molar-refractivity contribution is -0.119. The normalized spacial score (nSPS) is 14.2. The van der Waals surface area contributed by atoms with E-state index in [0.717, 1.165) is 18.8 Å². The van der Waals surface area contributed by atoms with Crippen LogP contribution >= 0.6 is 11.8 Å². The quantitative estimate of drug-likeness (QED) is 0.692. The van der Waals surface area contributed by atoms with Gasteiger partial charge in [-0.15, -0.1) is 11.8 Å². The van der Waals surface area contributed by atoms with E-state index in [4.69, 9.17) is 0 Å². The van der Waals surface area contributed by atoms with Crippen LogP contribution in [0.15, 0.2) is 59.5 Å². The third-order valence-corrected chi connectivity index (χ3v) is 5.73. The summed E-state index contributed by atoms with van der Waals surface area (Å²) in [6.45, 7) is 5.89. The molecule has 0 aromatic heterocycles. The summed E-state index contributed by atoms with van der Waals surface area (Å²) in [5.41, 5.74) is 2.72. The van der Waals surface area contributed by atoms with Crippen LogP contribution in [0.3, 0.4) is 0 Å². The Morgan fingerprint density at radius 3 is 2.14 bits per heavy atom. The van der Waals surface area contributed by atoms with Gasteiger partial charge in [0.1, 0.15) is 0 Å². The fourth-order valence-electron chi connectivity index (χ4n) is 3.29. The van der Waals surface area contributed by atoms with Crippen molar-refractivity contribution < 1.29 is 14.7 Å². The van der Waals surface area contributed by atoms with Gasteiger partial charge in [0.25, 0.3) is 11.8 Å². The van der Waals surface area contributed by atoms with Crippen LogP contribution in [0.1, 0.15) is 19.4 Å². The van der Waals surface area contributed by atoms with Crippen LogP contribution < -0.4 is 9.80 Å². The maximum atomic E-state index is 13.2. The average molecular weight is 397 g/mol. The van der Waals surface area contributed by atoms with E-state index in [-0.39, 0.29) is 18.4 Å². The molecule has 2 aromatic carbocycles. The van der Waals surface area contributed by atoms with Crippen LogP contribution in [-0.4, -0.2) is 42.4 Å². The Morgan fingerprint density at radius 2 is 1.57 bits per heavy atom. The van der Waals surface area contributed by atoms with Gasteiger partial charge in [-0.05, 0) is 43.7 Å². The molecule has 28 heavy (non-hydrogen) atoms. The summed E-state index contributed by atoms with van der Waals surface area (Å²) in [4.78, 5) is 30.1. The highest BCUT2D eigenvalue weighted by molar-refractivity contribution is 8.04. The van der Waals surface area contributed by atoms with Crippen molar-refractivity contribution >= 4 is 40.5 Å². The second kappa shape index (κ2) is 9.08. The molecule has 1 heterocycles. The molecule has 1 aliphatic rings. The minimum atomic E-state index is -0.335. The van der Waals surface area contributed by atoms with Crippen molar-refractivity contribution in [3.05, 3.63) is 65.1 Å². The van der Waals surface area contributed by atoms with Gasteiger partial charge >= 0.3 is 0 Å². The van der Waals surface area contributed by atoms with E-state index >= 15 is 0 Å². The highest BCUT2D eigenvalue weighted by Gasteiger charge is 2.40. The largest absolute Gasteiger partial charge is 0.396 e. The first kappa shape index (κ1) is 20.2. The molecule has 0 unspecified atom stereocenters. The van der Waals surface area contributed by atoms with Gasteiger partial charge in [-0.3, -0.25) is 9.59 Å². The lowest BCUT2D eigenvalue weighted by atomic mass is 10.1. The van der Waals surface area contributed by atoms with Crippen molar-refractivity contribution in [2.45, 2.75) is 13.8 Å². The summed E-state index contributed by atoms with van der Waals surface area (Å²) in [6, 6.07) is 16.7. The number of benzene rings is 2.